The number of nitrogens with one attached hydrogen (secondary N) is 1. The van der Waals surface area contributed by atoms with Crippen molar-refractivity contribution in [1.82, 2.24) is 0 Å². The van der Waals surface area contributed by atoms with Crippen molar-refractivity contribution in [2.75, 3.05) is 19.5 Å². The number of alkyl halides is 2. The summed E-state index contributed by atoms with van der Waals surface area (Å²) in [6.45, 7) is 0. The first-order chi connectivity index (χ1) is 13.4. The molecule has 0 aliphatic carbocycles. The first-order valence-corrected chi connectivity index (χ1v) is 9.44. The Labute approximate surface area is 173 Å². The van der Waals surface area contributed by atoms with Crippen molar-refractivity contribution in [1.29, 1.82) is 5.26 Å². The molecule has 5 nitrogen and oxygen atoms in total. The maximum absolute atomic E-state index is 12.4. The van der Waals surface area contributed by atoms with Crippen LogP contribution < -0.4 is 14.8 Å². The lowest BCUT2D eigenvalue weighted by Gasteiger charge is -2.10. The van der Waals surface area contributed by atoms with Gasteiger partial charge in [0.1, 0.15) is 11.6 Å². The molecule has 0 fully saturated rings. The van der Waals surface area contributed by atoms with E-state index in [0.29, 0.717) is 43.9 Å². The third-order valence-electron chi connectivity index (χ3n) is 3.51. The van der Waals surface area contributed by atoms with Crippen LogP contribution >= 0.6 is 27.7 Å². The molecule has 1 amide bonds. The summed E-state index contributed by atoms with van der Waals surface area (Å²) in [4.78, 5) is 12.8. The number of methoxy groups -OCH3 is 2. The summed E-state index contributed by atoms with van der Waals surface area (Å²) in [6.07, 6.45) is 1.41. The van der Waals surface area contributed by atoms with Crippen LogP contribution in [0.2, 0.25) is 0 Å². The van der Waals surface area contributed by atoms with Gasteiger partial charge >= 0.3 is 0 Å². The quantitative estimate of drug-likeness (QED) is 0.337. The minimum absolute atomic E-state index is 0.140. The van der Waals surface area contributed by atoms with E-state index in [-0.39, 0.29) is 5.57 Å². The number of hydrogen-bond donors (Lipinski definition) is 1. The summed E-state index contributed by atoms with van der Waals surface area (Å²) in [5, 5.41) is 11.9. The Balaban J connectivity index is 2.23. The zero-order valence-electron chi connectivity index (χ0n) is 14.8. The van der Waals surface area contributed by atoms with Crippen molar-refractivity contribution in [2.45, 2.75) is 10.7 Å². The number of anilines is 1. The van der Waals surface area contributed by atoms with E-state index in [4.69, 9.17) is 9.47 Å². The fourth-order valence-corrected chi connectivity index (χ4v) is 3.14. The Hall–Kier alpha value is -2.57. The van der Waals surface area contributed by atoms with E-state index in [1.54, 1.807) is 12.1 Å². The Morgan fingerprint density at radius 1 is 1.21 bits per heavy atom. The van der Waals surface area contributed by atoms with Crippen molar-refractivity contribution in [2.24, 2.45) is 0 Å². The molecule has 0 bridgehead atoms. The van der Waals surface area contributed by atoms with Gasteiger partial charge in [-0.25, -0.2) is 0 Å². The third-order valence-corrected chi connectivity index (χ3v) is 4.91. The van der Waals surface area contributed by atoms with Gasteiger partial charge < -0.3 is 14.8 Å². The highest BCUT2D eigenvalue weighted by Crippen LogP contribution is 2.34. The molecule has 2 aromatic rings. The van der Waals surface area contributed by atoms with Crippen LogP contribution in [0.5, 0.6) is 11.5 Å². The van der Waals surface area contributed by atoms with E-state index >= 15 is 0 Å². The summed E-state index contributed by atoms with van der Waals surface area (Å²) >= 11 is 3.78. The molecule has 0 saturated heterocycles. The summed E-state index contributed by atoms with van der Waals surface area (Å²) in [5.74, 6) is -2.20. The molecular weight excluding hydrogens is 454 g/mol. The van der Waals surface area contributed by atoms with E-state index in [9.17, 15) is 18.8 Å². The van der Waals surface area contributed by atoms with Crippen LogP contribution in [0.4, 0.5) is 14.5 Å². The Kier molecular flexibility index (Phi) is 7.84. The molecule has 2 aromatic carbocycles. The lowest BCUT2D eigenvalue weighted by atomic mass is 10.1. The molecular formula is C19H15BrF2N2O3S. The van der Waals surface area contributed by atoms with Gasteiger partial charge in [-0.3, -0.25) is 4.79 Å². The normalized spacial score (nSPS) is 11.1. The zero-order chi connectivity index (χ0) is 20.7. The van der Waals surface area contributed by atoms with E-state index in [1.807, 2.05) is 6.07 Å². The van der Waals surface area contributed by atoms with E-state index in [1.165, 1.54) is 44.6 Å². The number of benzene rings is 2. The number of hydrogen-bond acceptors (Lipinski definition) is 5. The second-order valence-corrected chi connectivity index (χ2v) is 7.17. The number of nitriles is 1. The number of carbonyl (C=O) groups excluding carboxylic acids is 1. The largest absolute Gasteiger partial charge is 0.493 e. The standard InChI is InChI=1S/C19H15BrF2N2O3S/c1-26-16-8-11(15(20)9-17(16)27-2)7-12(10-23)18(25)24-13-3-5-14(6-4-13)28-19(21)22/h3-9,19H,1-2H3,(H,24,25)/b12-7+. The van der Waals surface area contributed by atoms with Gasteiger partial charge in [-0.2, -0.15) is 14.0 Å². The fraction of sp³-hybridized carbons (Fsp3) is 0.158. The molecule has 0 aliphatic rings. The van der Waals surface area contributed by atoms with E-state index < -0.39 is 11.7 Å². The lowest BCUT2D eigenvalue weighted by Crippen LogP contribution is -2.13. The number of nitrogens with zero attached hydrogens (tertiary/aromatic N) is 1. The fourth-order valence-electron chi connectivity index (χ4n) is 2.20. The molecule has 0 unspecified atom stereocenters. The van der Waals surface area contributed by atoms with Crippen LogP contribution in [-0.2, 0) is 4.79 Å². The molecule has 0 aliphatic heterocycles. The Bertz CT molecular complexity index is 928. The minimum atomic E-state index is -2.52. The van der Waals surface area contributed by atoms with Gasteiger partial charge in [0.15, 0.2) is 11.5 Å². The monoisotopic (exact) mass is 468 g/mol. The number of rotatable bonds is 7. The zero-order valence-corrected chi connectivity index (χ0v) is 17.2. The van der Waals surface area contributed by atoms with Crippen molar-refractivity contribution >= 4 is 45.4 Å². The van der Waals surface area contributed by atoms with Crippen LogP contribution in [0, 0.1) is 11.3 Å². The summed E-state index contributed by atoms with van der Waals surface area (Å²) in [6, 6.07) is 11.1. The summed E-state index contributed by atoms with van der Waals surface area (Å²) in [5.41, 5.74) is 0.795. The number of ether oxygens (including phenoxy) is 2. The molecule has 1 N–H and O–H groups in total. The highest BCUT2D eigenvalue weighted by atomic mass is 79.9. The van der Waals surface area contributed by atoms with Gasteiger partial charge in [0.2, 0.25) is 0 Å². The maximum Gasteiger partial charge on any atom is 0.288 e. The maximum atomic E-state index is 12.4. The minimum Gasteiger partial charge on any atom is -0.493 e. The summed E-state index contributed by atoms with van der Waals surface area (Å²) in [7, 11) is 2.98. The van der Waals surface area contributed by atoms with Crippen LogP contribution in [0.3, 0.4) is 0 Å². The Morgan fingerprint density at radius 2 is 1.82 bits per heavy atom. The van der Waals surface area contributed by atoms with Gasteiger partial charge in [0.25, 0.3) is 11.7 Å². The van der Waals surface area contributed by atoms with Crippen molar-refractivity contribution in [3.63, 3.8) is 0 Å². The van der Waals surface area contributed by atoms with Crippen LogP contribution in [-0.4, -0.2) is 25.9 Å². The average molecular weight is 469 g/mol. The first-order valence-electron chi connectivity index (χ1n) is 7.77. The van der Waals surface area contributed by atoms with Crippen LogP contribution in [0.15, 0.2) is 51.3 Å². The molecule has 0 spiro atoms. The molecule has 0 atom stereocenters. The number of carbonyl (C=O) groups is 1. The van der Waals surface area contributed by atoms with Crippen molar-refractivity contribution < 1.29 is 23.0 Å². The van der Waals surface area contributed by atoms with Gasteiger partial charge in [-0.15, -0.1) is 0 Å². The molecule has 0 saturated carbocycles. The highest BCUT2D eigenvalue weighted by molar-refractivity contribution is 9.10. The van der Waals surface area contributed by atoms with Crippen LogP contribution in [0.25, 0.3) is 6.08 Å². The Morgan fingerprint density at radius 3 is 2.36 bits per heavy atom. The van der Waals surface area contributed by atoms with Gasteiger partial charge in [-0.05, 0) is 48.0 Å². The van der Waals surface area contributed by atoms with Crippen molar-refractivity contribution in [3.05, 3.63) is 52.0 Å². The highest BCUT2D eigenvalue weighted by Gasteiger charge is 2.14. The predicted molar refractivity (Wildman–Crippen MR) is 108 cm³/mol. The number of thioether (sulfide) groups is 1. The topological polar surface area (TPSA) is 71.3 Å². The van der Waals surface area contributed by atoms with E-state index in [0.717, 1.165) is 0 Å². The average Bonchev–Trinajstić information content (AvgIpc) is 2.67. The second-order valence-electron chi connectivity index (χ2n) is 5.26. The molecule has 146 valence electrons. The molecule has 0 aromatic heterocycles. The molecule has 9 heteroatoms. The van der Waals surface area contributed by atoms with Crippen LogP contribution in [0.1, 0.15) is 5.56 Å². The molecule has 28 heavy (non-hydrogen) atoms. The number of halogens is 3. The van der Waals surface area contributed by atoms with E-state index in [2.05, 4.69) is 21.2 Å². The molecule has 0 heterocycles. The lowest BCUT2D eigenvalue weighted by molar-refractivity contribution is -0.112. The second kappa shape index (κ2) is 10.1. The molecule has 2 rings (SSSR count). The van der Waals surface area contributed by atoms with Gasteiger partial charge in [-0.1, -0.05) is 27.7 Å². The van der Waals surface area contributed by atoms with Crippen molar-refractivity contribution in [3.8, 4) is 17.6 Å². The summed E-state index contributed by atoms with van der Waals surface area (Å²) < 4.78 is 35.7. The first kappa shape index (κ1) is 21.7. The number of amides is 1. The SMILES string of the molecule is COc1cc(Br)c(/C=C(\C#N)C(=O)Nc2ccc(SC(F)F)cc2)cc1OC. The smallest absolute Gasteiger partial charge is 0.288 e. The predicted octanol–water partition coefficient (Wildman–Crippen LogP) is 5.33. The van der Waals surface area contributed by atoms with Gasteiger partial charge in [0, 0.05) is 15.1 Å². The molecule has 0 radical (unpaired) electrons. The van der Waals surface area contributed by atoms with Gasteiger partial charge in [0.05, 0.1) is 14.2 Å². The third kappa shape index (κ3) is 5.71.